The second-order valence-electron chi connectivity index (χ2n) is 12.3. The van der Waals surface area contributed by atoms with E-state index < -0.39 is 0 Å². The van der Waals surface area contributed by atoms with Gasteiger partial charge in [-0.1, -0.05) is 48.5 Å². The highest BCUT2D eigenvalue weighted by Crippen LogP contribution is 2.36. The Kier molecular flexibility index (Phi) is 5.70. The third-order valence-corrected chi connectivity index (χ3v) is 9.39. The van der Waals surface area contributed by atoms with E-state index in [0.717, 1.165) is 78.0 Å². The minimum absolute atomic E-state index is 0.668. The highest BCUT2D eigenvalue weighted by atomic mass is 16.3. The van der Waals surface area contributed by atoms with Crippen LogP contribution in [0.3, 0.4) is 0 Å². The lowest BCUT2D eigenvalue weighted by Crippen LogP contribution is -1.96. The number of fused-ring (bicyclic) bond motifs is 9. The molecule has 0 unspecified atom stereocenters. The van der Waals surface area contributed by atoms with E-state index in [1.807, 2.05) is 60.7 Å². The van der Waals surface area contributed by atoms with Crippen LogP contribution in [-0.2, 0) is 0 Å². The molecule has 0 spiro atoms. The van der Waals surface area contributed by atoms with E-state index in [1.54, 1.807) is 0 Å². The van der Waals surface area contributed by atoms with Crippen molar-refractivity contribution in [3.05, 3.63) is 134 Å². The molecule has 0 atom stereocenters. The van der Waals surface area contributed by atoms with Gasteiger partial charge in [-0.05, 0) is 72.8 Å². The van der Waals surface area contributed by atoms with Crippen molar-refractivity contribution >= 4 is 66.3 Å². The second-order valence-corrected chi connectivity index (χ2v) is 12.3. The van der Waals surface area contributed by atoms with Crippen LogP contribution in [0.15, 0.2) is 138 Å². The van der Waals surface area contributed by atoms with Gasteiger partial charge in [-0.25, -0.2) is 19.9 Å². The first-order valence-electron chi connectivity index (χ1n) is 16.3. The highest BCUT2D eigenvalue weighted by Gasteiger charge is 2.19. The summed E-state index contributed by atoms with van der Waals surface area (Å²) in [5.74, 6) is 0. The van der Waals surface area contributed by atoms with Gasteiger partial charge in [-0.15, -0.1) is 20.4 Å². The van der Waals surface area contributed by atoms with Gasteiger partial charge >= 0.3 is 0 Å². The number of rotatable bonds is 4. The topological polar surface area (TPSA) is 126 Å². The summed E-state index contributed by atoms with van der Waals surface area (Å²) < 4.78 is 10.4. The number of hydrogen-bond acceptors (Lipinski definition) is 9. The Morgan fingerprint density at radius 1 is 0.451 bits per heavy atom. The van der Waals surface area contributed by atoms with Gasteiger partial charge in [-0.3, -0.25) is 9.13 Å². The molecule has 0 saturated heterocycles. The molecule has 11 heteroatoms. The lowest BCUT2D eigenvalue weighted by Gasteiger charge is -2.08. The SMILES string of the molecule is c1ccc(-n2c3cc(-c4ccc5oc6ccc(-c7ccc8c9nncnc9n(-c9ccccc9)c8c7)nc6c5n4)ccc3c3nncnc32)cc1. The predicted octanol–water partition coefficient (Wildman–Crippen LogP) is 8.27. The maximum Gasteiger partial charge on any atom is 0.168 e. The molecule has 0 saturated carbocycles. The van der Waals surface area contributed by atoms with E-state index >= 15 is 0 Å². The van der Waals surface area contributed by atoms with Crippen molar-refractivity contribution in [2.45, 2.75) is 0 Å². The van der Waals surface area contributed by atoms with Gasteiger partial charge in [0.1, 0.15) is 34.7 Å². The van der Waals surface area contributed by atoms with Crippen molar-refractivity contribution in [2.24, 2.45) is 0 Å². The van der Waals surface area contributed by atoms with Crippen LogP contribution in [0.25, 0.3) is 100 Å². The third kappa shape index (κ3) is 4.12. The zero-order valence-electron chi connectivity index (χ0n) is 26.6. The van der Waals surface area contributed by atoms with Crippen LogP contribution in [0, 0.1) is 0 Å². The fourth-order valence-corrected chi connectivity index (χ4v) is 7.11. The van der Waals surface area contributed by atoms with Gasteiger partial charge in [0.05, 0.1) is 22.4 Å². The number of aromatic nitrogens is 10. The van der Waals surface area contributed by atoms with Crippen LogP contribution in [0.4, 0.5) is 0 Å². The molecule has 11 aromatic rings. The standard InChI is InChI=1S/C40H22N10O/c1-3-7-25(8-4-1)49-31-19-23(11-13-27(31)35-39(49)41-21-43-47-35)29-15-17-33-37(45-29)38-34(51-33)18-16-30(46-38)24-12-14-28-32(20-24)50(26-9-5-2-6-10-26)40-36(28)48-44-22-42-40/h1-22H. The average Bonchev–Trinajstić information content (AvgIpc) is 3.85. The Labute approximate surface area is 287 Å². The summed E-state index contributed by atoms with van der Waals surface area (Å²) in [6.45, 7) is 0. The van der Waals surface area contributed by atoms with Crippen molar-refractivity contribution in [3.63, 3.8) is 0 Å². The van der Waals surface area contributed by atoms with Crippen molar-refractivity contribution < 1.29 is 4.42 Å². The molecule has 0 aliphatic rings. The van der Waals surface area contributed by atoms with Crippen LogP contribution in [0.5, 0.6) is 0 Å². The third-order valence-electron chi connectivity index (χ3n) is 9.39. The molecule has 11 rings (SSSR count). The quantitative estimate of drug-likeness (QED) is 0.184. The molecule has 238 valence electrons. The molecule has 0 aliphatic carbocycles. The van der Waals surface area contributed by atoms with E-state index in [1.165, 1.54) is 12.7 Å². The van der Waals surface area contributed by atoms with Gasteiger partial charge in [0.15, 0.2) is 22.5 Å². The lowest BCUT2D eigenvalue weighted by molar-refractivity contribution is 0.667. The fourth-order valence-electron chi connectivity index (χ4n) is 7.11. The van der Waals surface area contributed by atoms with Crippen LogP contribution in [0.1, 0.15) is 0 Å². The maximum atomic E-state index is 6.23. The summed E-state index contributed by atoms with van der Waals surface area (Å²) >= 11 is 0. The number of para-hydroxylation sites is 2. The first-order valence-corrected chi connectivity index (χ1v) is 16.3. The fraction of sp³-hybridized carbons (Fsp3) is 0. The smallest absolute Gasteiger partial charge is 0.168 e. The molecule has 11 nitrogen and oxygen atoms in total. The minimum Gasteiger partial charge on any atom is -0.453 e. The van der Waals surface area contributed by atoms with E-state index in [0.29, 0.717) is 22.2 Å². The monoisotopic (exact) mass is 658 g/mol. The molecule has 51 heavy (non-hydrogen) atoms. The van der Waals surface area contributed by atoms with E-state index in [-0.39, 0.29) is 0 Å². The van der Waals surface area contributed by atoms with Crippen LogP contribution in [-0.4, -0.2) is 49.5 Å². The molecule has 7 heterocycles. The largest absolute Gasteiger partial charge is 0.453 e. The van der Waals surface area contributed by atoms with Crippen molar-refractivity contribution in [1.82, 2.24) is 49.5 Å². The molecule has 0 aliphatic heterocycles. The second kappa shape index (κ2) is 10.5. The number of benzene rings is 4. The molecule has 0 fully saturated rings. The Bertz CT molecular complexity index is 2940. The molecule has 0 radical (unpaired) electrons. The van der Waals surface area contributed by atoms with Crippen molar-refractivity contribution in [2.75, 3.05) is 0 Å². The molecule has 7 aromatic heterocycles. The molecule has 4 aromatic carbocycles. The Hall–Kier alpha value is -7.40. The molecule has 0 bridgehead atoms. The van der Waals surface area contributed by atoms with Gasteiger partial charge in [-0.2, -0.15) is 0 Å². The van der Waals surface area contributed by atoms with Crippen LogP contribution < -0.4 is 0 Å². The van der Waals surface area contributed by atoms with Gasteiger partial charge in [0.2, 0.25) is 0 Å². The molecule has 0 amide bonds. The number of nitrogens with zero attached hydrogens (tertiary/aromatic N) is 10. The maximum absolute atomic E-state index is 6.23. The first kappa shape index (κ1) is 27.5. The number of pyridine rings is 2. The lowest BCUT2D eigenvalue weighted by atomic mass is 10.1. The summed E-state index contributed by atoms with van der Waals surface area (Å²) in [7, 11) is 0. The first-order chi connectivity index (χ1) is 25.3. The van der Waals surface area contributed by atoms with E-state index in [9.17, 15) is 0 Å². The Morgan fingerprint density at radius 3 is 1.39 bits per heavy atom. The zero-order valence-corrected chi connectivity index (χ0v) is 26.6. The van der Waals surface area contributed by atoms with Crippen molar-refractivity contribution in [3.8, 4) is 33.9 Å². The Balaban J connectivity index is 1.07. The van der Waals surface area contributed by atoms with Crippen LogP contribution in [0.2, 0.25) is 0 Å². The van der Waals surface area contributed by atoms with Gasteiger partial charge < -0.3 is 4.42 Å². The number of furan rings is 1. The molecular formula is C40H22N10O. The summed E-state index contributed by atoms with van der Waals surface area (Å²) in [6.07, 6.45) is 2.96. The molecular weight excluding hydrogens is 637 g/mol. The van der Waals surface area contributed by atoms with Gasteiger partial charge in [0.25, 0.3) is 0 Å². The van der Waals surface area contributed by atoms with E-state index in [2.05, 4.69) is 100 Å². The minimum atomic E-state index is 0.668. The zero-order chi connectivity index (χ0) is 33.5. The average molecular weight is 659 g/mol. The normalized spacial score (nSPS) is 11.9. The summed E-state index contributed by atoms with van der Waals surface area (Å²) in [4.78, 5) is 19.4. The summed E-state index contributed by atoms with van der Waals surface area (Å²) in [5.41, 5.74) is 13.1. The number of hydrogen-bond donors (Lipinski definition) is 0. The highest BCUT2D eigenvalue weighted by molar-refractivity contribution is 6.08. The Morgan fingerprint density at radius 2 is 0.922 bits per heavy atom. The summed E-state index contributed by atoms with van der Waals surface area (Å²) in [5, 5.41) is 18.9. The van der Waals surface area contributed by atoms with E-state index in [4.69, 9.17) is 14.4 Å². The van der Waals surface area contributed by atoms with Gasteiger partial charge in [0, 0.05) is 33.3 Å². The van der Waals surface area contributed by atoms with Crippen molar-refractivity contribution in [1.29, 1.82) is 0 Å². The predicted molar refractivity (Wildman–Crippen MR) is 196 cm³/mol. The molecule has 0 N–H and O–H groups in total. The van der Waals surface area contributed by atoms with Crippen LogP contribution >= 0.6 is 0 Å². The summed E-state index contributed by atoms with van der Waals surface area (Å²) in [6, 6.07) is 40.6.